The Bertz CT molecular complexity index is 897. The van der Waals surface area contributed by atoms with Gasteiger partial charge in [-0.2, -0.15) is 0 Å². The summed E-state index contributed by atoms with van der Waals surface area (Å²) in [6.45, 7) is 2.36. The third-order valence-electron chi connectivity index (χ3n) is 3.82. The number of nitrogens with zero attached hydrogens (tertiary/aromatic N) is 3. The quantitative estimate of drug-likeness (QED) is 0.480. The number of hydrogen-bond donors (Lipinski definition) is 0. The molecule has 0 aliphatic heterocycles. The Balaban J connectivity index is 1.66. The number of hydrogen-bond acceptors (Lipinski definition) is 5. The van der Waals surface area contributed by atoms with Crippen LogP contribution in [0, 0.1) is 5.82 Å². The van der Waals surface area contributed by atoms with Crippen LogP contribution in [0.5, 0.6) is 0 Å². The summed E-state index contributed by atoms with van der Waals surface area (Å²) in [5.74, 6) is -0.0994. The van der Waals surface area contributed by atoms with Crippen molar-refractivity contribution >= 4 is 39.2 Å². The van der Waals surface area contributed by atoms with Gasteiger partial charge in [0.05, 0.1) is 5.75 Å². The molecule has 1 aromatic carbocycles. The van der Waals surface area contributed by atoms with Crippen LogP contribution in [0.4, 0.5) is 4.39 Å². The Morgan fingerprint density at radius 3 is 2.88 bits per heavy atom. The first kappa shape index (κ1) is 17.8. The van der Waals surface area contributed by atoms with E-state index in [4.69, 9.17) is 0 Å². The molecule has 130 valence electrons. The van der Waals surface area contributed by atoms with Crippen LogP contribution in [0.15, 0.2) is 41.7 Å². The molecule has 0 bridgehead atoms. The molecule has 2 aromatic heterocycles. The number of halogens is 1. The van der Waals surface area contributed by atoms with Gasteiger partial charge in [0, 0.05) is 29.4 Å². The van der Waals surface area contributed by atoms with Gasteiger partial charge in [-0.15, -0.1) is 11.3 Å². The molecule has 0 unspecified atom stereocenters. The molecule has 0 aliphatic rings. The minimum atomic E-state index is -0.294. The van der Waals surface area contributed by atoms with E-state index in [2.05, 4.69) is 23.0 Å². The molecule has 0 N–H and O–H groups in total. The van der Waals surface area contributed by atoms with Gasteiger partial charge >= 0.3 is 0 Å². The van der Waals surface area contributed by atoms with Gasteiger partial charge in [0.25, 0.3) is 0 Å². The zero-order valence-corrected chi connectivity index (χ0v) is 15.7. The molecule has 0 atom stereocenters. The summed E-state index contributed by atoms with van der Waals surface area (Å²) in [5.41, 5.74) is 0.512. The average molecular weight is 375 g/mol. The van der Waals surface area contributed by atoms with Crippen molar-refractivity contribution in [2.45, 2.75) is 24.9 Å². The van der Waals surface area contributed by atoms with Crippen LogP contribution in [-0.2, 0) is 17.8 Å². The van der Waals surface area contributed by atoms with Crippen molar-refractivity contribution in [3.8, 4) is 0 Å². The fourth-order valence-electron chi connectivity index (χ4n) is 2.38. The van der Waals surface area contributed by atoms with Crippen LogP contribution in [0.2, 0.25) is 0 Å². The van der Waals surface area contributed by atoms with E-state index in [0.717, 1.165) is 21.7 Å². The van der Waals surface area contributed by atoms with Gasteiger partial charge in [-0.1, -0.05) is 36.9 Å². The van der Waals surface area contributed by atoms with Crippen molar-refractivity contribution in [2.24, 2.45) is 0 Å². The van der Waals surface area contributed by atoms with E-state index in [1.54, 1.807) is 36.6 Å². The highest BCUT2D eigenvalue weighted by Crippen LogP contribution is 2.31. The van der Waals surface area contributed by atoms with Crippen LogP contribution in [0.25, 0.3) is 10.2 Å². The number of amides is 1. The highest BCUT2D eigenvalue weighted by molar-refractivity contribution is 8.00. The van der Waals surface area contributed by atoms with Gasteiger partial charge in [-0.25, -0.2) is 14.4 Å². The second-order valence-electron chi connectivity index (χ2n) is 5.59. The minimum absolute atomic E-state index is 0.0639. The van der Waals surface area contributed by atoms with Crippen molar-refractivity contribution in [3.63, 3.8) is 0 Å². The fourth-order valence-corrected chi connectivity index (χ4v) is 4.30. The van der Waals surface area contributed by atoms with E-state index < -0.39 is 0 Å². The molecular formula is C18H18FN3OS2. The lowest BCUT2D eigenvalue weighted by Crippen LogP contribution is -2.28. The molecule has 0 saturated heterocycles. The molecule has 3 aromatic rings. The van der Waals surface area contributed by atoms with Gasteiger partial charge in [0.2, 0.25) is 5.91 Å². The number of thiophene rings is 1. The van der Waals surface area contributed by atoms with Crippen LogP contribution < -0.4 is 0 Å². The summed E-state index contributed by atoms with van der Waals surface area (Å²) in [6.07, 6.45) is 2.49. The van der Waals surface area contributed by atoms with Crippen molar-refractivity contribution in [3.05, 3.63) is 52.9 Å². The summed E-state index contributed by atoms with van der Waals surface area (Å²) >= 11 is 3.05. The maximum Gasteiger partial charge on any atom is 0.233 e. The lowest BCUT2D eigenvalue weighted by atomic mass is 10.2. The SMILES string of the molecule is CCc1cc2c(SCC(=O)N(C)Cc3ccccc3F)ncnc2s1. The first-order chi connectivity index (χ1) is 12.1. The summed E-state index contributed by atoms with van der Waals surface area (Å²) in [7, 11) is 1.69. The predicted octanol–water partition coefficient (Wildman–Crippen LogP) is 4.14. The summed E-state index contributed by atoms with van der Waals surface area (Å²) in [4.78, 5) is 24.7. The molecule has 4 nitrogen and oxygen atoms in total. The Morgan fingerprint density at radius 1 is 1.32 bits per heavy atom. The summed E-state index contributed by atoms with van der Waals surface area (Å²) in [5, 5.41) is 1.81. The van der Waals surface area contributed by atoms with Crippen LogP contribution in [0.3, 0.4) is 0 Å². The highest BCUT2D eigenvalue weighted by Gasteiger charge is 2.14. The van der Waals surface area contributed by atoms with Crippen molar-refractivity contribution in [1.82, 2.24) is 14.9 Å². The molecule has 0 radical (unpaired) electrons. The zero-order chi connectivity index (χ0) is 17.8. The second-order valence-corrected chi connectivity index (χ2v) is 7.67. The van der Waals surface area contributed by atoms with Gasteiger partial charge in [0.15, 0.2) is 0 Å². The second kappa shape index (κ2) is 7.93. The molecule has 0 spiro atoms. The van der Waals surface area contributed by atoms with Gasteiger partial charge in [-0.3, -0.25) is 4.79 Å². The van der Waals surface area contributed by atoms with Gasteiger partial charge < -0.3 is 4.90 Å². The molecule has 1 amide bonds. The molecule has 7 heteroatoms. The lowest BCUT2D eigenvalue weighted by Gasteiger charge is -2.17. The Hall–Kier alpha value is -1.99. The molecular weight excluding hydrogens is 357 g/mol. The van der Waals surface area contributed by atoms with Crippen LogP contribution in [-0.4, -0.2) is 33.6 Å². The Morgan fingerprint density at radius 2 is 2.12 bits per heavy atom. The van der Waals surface area contributed by atoms with E-state index in [1.807, 2.05) is 0 Å². The number of fused-ring (bicyclic) bond motifs is 1. The monoisotopic (exact) mass is 375 g/mol. The third kappa shape index (κ3) is 4.16. The van der Waals surface area contributed by atoms with E-state index in [0.29, 0.717) is 5.56 Å². The Labute approximate surface area is 154 Å². The standard InChI is InChI=1S/C18H18FN3OS2/c1-3-13-8-14-17(20-11-21-18(14)25-13)24-10-16(23)22(2)9-12-6-4-5-7-15(12)19/h4-8,11H,3,9-10H2,1-2H3. The smallest absolute Gasteiger partial charge is 0.233 e. The van der Waals surface area contributed by atoms with Crippen molar-refractivity contribution in [1.29, 1.82) is 0 Å². The van der Waals surface area contributed by atoms with Crippen LogP contribution in [0.1, 0.15) is 17.4 Å². The number of carbonyl (C=O) groups is 1. The lowest BCUT2D eigenvalue weighted by molar-refractivity contribution is -0.127. The molecule has 0 fully saturated rings. The molecule has 3 rings (SSSR count). The first-order valence-electron chi connectivity index (χ1n) is 7.92. The van der Waals surface area contributed by atoms with E-state index in [9.17, 15) is 9.18 Å². The maximum absolute atomic E-state index is 13.7. The number of carbonyl (C=O) groups excluding carboxylic acids is 1. The first-order valence-corrected chi connectivity index (χ1v) is 9.72. The minimum Gasteiger partial charge on any atom is -0.341 e. The van der Waals surface area contributed by atoms with Gasteiger partial charge in [0.1, 0.15) is 22.0 Å². The number of aryl methyl sites for hydroxylation is 1. The van der Waals surface area contributed by atoms with E-state index in [-0.39, 0.29) is 24.0 Å². The van der Waals surface area contributed by atoms with Crippen molar-refractivity contribution in [2.75, 3.05) is 12.8 Å². The maximum atomic E-state index is 13.7. The average Bonchev–Trinajstić information content (AvgIpc) is 3.05. The number of thioether (sulfide) groups is 1. The normalized spacial score (nSPS) is 11.0. The van der Waals surface area contributed by atoms with E-state index >= 15 is 0 Å². The molecule has 0 saturated carbocycles. The fraction of sp³-hybridized carbons (Fsp3) is 0.278. The third-order valence-corrected chi connectivity index (χ3v) is 5.99. The van der Waals surface area contributed by atoms with Gasteiger partial charge in [-0.05, 0) is 18.6 Å². The zero-order valence-electron chi connectivity index (χ0n) is 14.0. The topological polar surface area (TPSA) is 46.1 Å². The molecule has 0 aliphatic carbocycles. The highest BCUT2D eigenvalue weighted by atomic mass is 32.2. The van der Waals surface area contributed by atoms with E-state index in [1.165, 1.54) is 33.9 Å². The molecule has 2 heterocycles. The number of aromatic nitrogens is 2. The van der Waals surface area contributed by atoms with Crippen molar-refractivity contribution < 1.29 is 9.18 Å². The number of rotatable bonds is 6. The van der Waals surface area contributed by atoms with Crippen LogP contribution >= 0.6 is 23.1 Å². The predicted molar refractivity (Wildman–Crippen MR) is 100 cm³/mol. The summed E-state index contributed by atoms with van der Waals surface area (Å²) in [6, 6.07) is 8.60. The summed E-state index contributed by atoms with van der Waals surface area (Å²) < 4.78 is 13.7. The Kier molecular flexibility index (Phi) is 5.65. The molecule has 25 heavy (non-hydrogen) atoms. The largest absolute Gasteiger partial charge is 0.341 e. The number of benzene rings is 1.